The van der Waals surface area contributed by atoms with Crippen LogP contribution >= 0.6 is 22.6 Å². The number of benzene rings is 1. The molecule has 0 amide bonds. The molecule has 0 unspecified atom stereocenters. The van der Waals surface area contributed by atoms with Crippen molar-refractivity contribution in [3.63, 3.8) is 0 Å². The molecule has 80 valence electrons. The summed E-state index contributed by atoms with van der Waals surface area (Å²) in [7, 11) is 0. The molecule has 0 N–H and O–H groups in total. The van der Waals surface area contributed by atoms with Crippen LogP contribution in [0.15, 0.2) is 23.3 Å². The van der Waals surface area contributed by atoms with Gasteiger partial charge in [0.2, 0.25) is 0 Å². The van der Waals surface area contributed by atoms with Crippen LogP contribution in [0.4, 0.5) is 18.6 Å². The van der Waals surface area contributed by atoms with Crippen molar-refractivity contribution in [3.8, 4) is 0 Å². The summed E-state index contributed by atoms with van der Waals surface area (Å²) in [6.45, 7) is -4.86. The monoisotopic (exact) mass is 326 g/mol. The van der Waals surface area contributed by atoms with Crippen molar-refractivity contribution in [1.29, 1.82) is 0 Å². The van der Waals surface area contributed by atoms with Crippen LogP contribution in [0.1, 0.15) is 5.56 Å². The summed E-state index contributed by atoms with van der Waals surface area (Å²) in [6, 6.07) is 4.19. The van der Waals surface area contributed by atoms with Crippen molar-refractivity contribution in [1.82, 2.24) is 0 Å². The minimum atomic E-state index is -4.86. The highest BCUT2D eigenvalue weighted by Gasteiger charge is 2.23. The topological polar surface area (TPSA) is 48.8 Å². The summed E-state index contributed by atoms with van der Waals surface area (Å²) in [6.07, 6.45) is -0.954. The molecule has 0 fully saturated rings. The minimum Gasteiger partial charge on any atom is -0.449 e. The van der Waals surface area contributed by atoms with E-state index in [0.29, 0.717) is 3.57 Å². The first-order chi connectivity index (χ1) is 6.90. The van der Waals surface area contributed by atoms with E-state index >= 15 is 0 Å². The van der Waals surface area contributed by atoms with Gasteiger partial charge in [-0.05, 0) is 40.3 Å². The molecule has 0 aromatic heterocycles. The lowest BCUT2D eigenvalue weighted by Crippen LogP contribution is -2.19. The van der Waals surface area contributed by atoms with Gasteiger partial charge in [-0.15, -0.1) is 0 Å². The van der Waals surface area contributed by atoms with Gasteiger partial charge in [-0.1, -0.05) is 23.1 Å². The average molecular weight is 326 g/mol. The lowest BCUT2D eigenvalue weighted by molar-refractivity contribution is 0.468. The zero-order valence-corrected chi connectivity index (χ0v) is 9.53. The van der Waals surface area contributed by atoms with Crippen molar-refractivity contribution in [2.45, 2.75) is 6.32 Å². The standard InChI is InChI=1S/C7H5BF3IN3/c9-8(10,11)4-5-1-6(12)3-7(2-5)14-15-13/h1-3H,4H2/q-1. The molecule has 0 bridgehead atoms. The summed E-state index contributed by atoms with van der Waals surface area (Å²) in [5.74, 6) is 0. The van der Waals surface area contributed by atoms with Gasteiger partial charge in [0.05, 0.1) is 0 Å². The van der Waals surface area contributed by atoms with E-state index in [-0.39, 0.29) is 11.3 Å². The first-order valence-electron chi connectivity index (χ1n) is 3.96. The first kappa shape index (κ1) is 12.2. The Kier molecular flexibility index (Phi) is 3.86. The SMILES string of the molecule is [N-]=[N+]=Nc1cc(I)cc(C[B-](F)(F)F)c1. The third kappa shape index (κ3) is 4.43. The summed E-state index contributed by atoms with van der Waals surface area (Å²) in [5.41, 5.74) is 8.50. The average Bonchev–Trinajstić information content (AvgIpc) is 1.99. The van der Waals surface area contributed by atoms with Gasteiger partial charge in [0, 0.05) is 14.2 Å². The van der Waals surface area contributed by atoms with Crippen LogP contribution in [-0.2, 0) is 6.32 Å². The highest BCUT2D eigenvalue weighted by Crippen LogP contribution is 2.23. The highest BCUT2D eigenvalue weighted by atomic mass is 127. The molecule has 8 heteroatoms. The van der Waals surface area contributed by atoms with Crippen molar-refractivity contribution >= 4 is 35.3 Å². The minimum absolute atomic E-state index is 0.122. The maximum Gasteiger partial charge on any atom is 0.482 e. The number of hydrogen-bond donors (Lipinski definition) is 0. The zero-order chi connectivity index (χ0) is 11.5. The molecule has 0 saturated heterocycles. The third-order valence-corrected chi connectivity index (χ3v) is 2.19. The molecule has 0 radical (unpaired) electrons. The van der Waals surface area contributed by atoms with E-state index in [9.17, 15) is 12.9 Å². The number of nitrogens with zero attached hydrogens (tertiary/aromatic N) is 3. The summed E-state index contributed by atoms with van der Waals surface area (Å²) < 4.78 is 37.1. The molecular weight excluding hydrogens is 321 g/mol. The van der Waals surface area contributed by atoms with Crippen molar-refractivity contribution < 1.29 is 12.9 Å². The Balaban J connectivity index is 3.04. The molecule has 0 saturated carbocycles. The fourth-order valence-electron chi connectivity index (χ4n) is 1.13. The van der Waals surface area contributed by atoms with Gasteiger partial charge in [0.15, 0.2) is 0 Å². The van der Waals surface area contributed by atoms with E-state index in [1.165, 1.54) is 18.2 Å². The fraction of sp³-hybridized carbons (Fsp3) is 0.143. The lowest BCUT2D eigenvalue weighted by atomic mass is 9.82. The number of azide groups is 1. The normalized spacial score (nSPS) is 10.9. The Hall–Kier alpha value is -0.885. The van der Waals surface area contributed by atoms with Gasteiger partial charge in [-0.2, -0.15) is 0 Å². The van der Waals surface area contributed by atoms with E-state index in [4.69, 9.17) is 5.53 Å². The predicted molar refractivity (Wildman–Crippen MR) is 60.7 cm³/mol. The smallest absolute Gasteiger partial charge is 0.449 e. The van der Waals surface area contributed by atoms with Gasteiger partial charge in [0.1, 0.15) is 0 Å². The van der Waals surface area contributed by atoms with E-state index in [0.717, 1.165) is 0 Å². The molecule has 3 nitrogen and oxygen atoms in total. The Morgan fingerprint density at radius 2 is 2.00 bits per heavy atom. The van der Waals surface area contributed by atoms with Gasteiger partial charge in [-0.25, -0.2) is 0 Å². The van der Waals surface area contributed by atoms with Crippen molar-refractivity contribution in [2.75, 3.05) is 0 Å². The Bertz CT molecular complexity index is 414. The van der Waals surface area contributed by atoms with E-state index in [2.05, 4.69) is 10.0 Å². The molecule has 1 rings (SSSR count). The van der Waals surface area contributed by atoms with E-state index < -0.39 is 13.3 Å². The van der Waals surface area contributed by atoms with Crippen LogP contribution in [0.3, 0.4) is 0 Å². The van der Waals surface area contributed by atoms with Gasteiger partial charge in [0.25, 0.3) is 0 Å². The third-order valence-electron chi connectivity index (χ3n) is 1.57. The molecule has 0 aliphatic carbocycles. The Morgan fingerprint density at radius 1 is 1.33 bits per heavy atom. The van der Waals surface area contributed by atoms with Crippen LogP contribution in [0, 0.1) is 3.57 Å². The first-order valence-corrected chi connectivity index (χ1v) is 5.04. The Morgan fingerprint density at radius 3 is 2.53 bits per heavy atom. The van der Waals surface area contributed by atoms with Gasteiger partial charge < -0.3 is 12.9 Å². The van der Waals surface area contributed by atoms with Crippen molar-refractivity contribution in [3.05, 3.63) is 37.8 Å². The molecular formula is C7H5BF3IN3-. The molecule has 0 heterocycles. The quantitative estimate of drug-likeness (QED) is 0.263. The highest BCUT2D eigenvalue weighted by molar-refractivity contribution is 14.1. The second-order valence-corrected chi connectivity index (χ2v) is 4.17. The van der Waals surface area contributed by atoms with E-state index in [1.54, 1.807) is 0 Å². The van der Waals surface area contributed by atoms with Gasteiger partial charge >= 0.3 is 6.98 Å². The summed E-state index contributed by atoms with van der Waals surface area (Å²) in [5, 5.41) is 3.27. The maximum absolute atomic E-state index is 12.1. The number of hydrogen-bond acceptors (Lipinski definition) is 1. The lowest BCUT2D eigenvalue weighted by Gasteiger charge is -2.13. The maximum atomic E-state index is 12.1. The van der Waals surface area contributed by atoms with Crippen LogP contribution in [0.2, 0.25) is 0 Å². The molecule has 0 aliphatic heterocycles. The zero-order valence-electron chi connectivity index (χ0n) is 7.37. The van der Waals surface area contributed by atoms with Crippen LogP contribution < -0.4 is 0 Å². The molecule has 15 heavy (non-hydrogen) atoms. The second kappa shape index (κ2) is 4.76. The predicted octanol–water partition coefficient (Wildman–Crippen LogP) is 4.16. The molecule has 0 aliphatic rings. The second-order valence-electron chi connectivity index (χ2n) is 2.92. The van der Waals surface area contributed by atoms with Crippen LogP contribution in [0.25, 0.3) is 10.4 Å². The number of halogens is 4. The molecule has 1 aromatic rings. The largest absolute Gasteiger partial charge is 0.482 e. The fourth-order valence-corrected chi connectivity index (χ4v) is 1.85. The molecule has 1 aromatic carbocycles. The summed E-state index contributed by atoms with van der Waals surface area (Å²) >= 11 is 1.88. The summed E-state index contributed by atoms with van der Waals surface area (Å²) in [4.78, 5) is 2.53. The van der Waals surface area contributed by atoms with Crippen molar-refractivity contribution in [2.24, 2.45) is 5.11 Å². The van der Waals surface area contributed by atoms with E-state index in [1.807, 2.05) is 22.6 Å². The molecule has 0 spiro atoms. The Labute approximate surface area is 97.5 Å². The van der Waals surface area contributed by atoms with Gasteiger partial charge in [-0.3, -0.25) is 0 Å². The number of rotatable bonds is 3. The van der Waals surface area contributed by atoms with Crippen LogP contribution in [-0.4, -0.2) is 6.98 Å². The molecule has 0 atom stereocenters. The van der Waals surface area contributed by atoms with Crippen LogP contribution in [0.5, 0.6) is 0 Å².